The molecule has 0 amide bonds. The Balaban J connectivity index is 1.96. The van der Waals surface area contributed by atoms with Crippen molar-refractivity contribution in [2.75, 3.05) is 26.3 Å². The minimum Gasteiger partial charge on any atom is -0.632 e. The van der Waals surface area contributed by atoms with Gasteiger partial charge >= 0.3 is 11.9 Å². The first-order chi connectivity index (χ1) is 12.2. The Morgan fingerprint density at radius 1 is 1.46 bits per heavy atom. The first-order valence-corrected chi connectivity index (χ1v) is 8.88. The van der Waals surface area contributed by atoms with E-state index in [1.165, 1.54) is 0 Å². The fourth-order valence-corrected chi connectivity index (χ4v) is 4.08. The van der Waals surface area contributed by atoms with E-state index in [0.717, 1.165) is 0 Å². The van der Waals surface area contributed by atoms with E-state index < -0.39 is 46.9 Å². The Morgan fingerprint density at radius 2 is 2.19 bits per heavy atom. The minimum atomic E-state index is -2.13. The van der Waals surface area contributed by atoms with Crippen LogP contribution in [0.3, 0.4) is 0 Å². The quantitative estimate of drug-likeness (QED) is 0.223. The molecule has 0 aromatic heterocycles. The summed E-state index contributed by atoms with van der Waals surface area (Å²) in [5.41, 5.74) is -1.25. The van der Waals surface area contributed by atoms with Crippen molar-refractivity contribution in [1.82, 2.24) is 0 Å². The number of quaternary nitrogens is 1. The number of rotatable bonds is 1. The molecule has 8 nitrogen and oxygen atoms in total. The molecule has 2 saturated heterocycles. The Hall–Kier alpha value is -1.74. The highest BCUT2D eigenvalue weighted by molar-refractivity contribution is 5.89. The van der Waals surface area contributed by atoms with Crippen molar-refractivity contribution in [3.63, 3.8) is 0 Å². The number of allylic oxidation sites excluding steroid dienone is 1. The SMILES string of the molecule is C/C=C1/C[C@@H](C)[C@](O)(CO)C(=O)OCC2=CC[N+]3([O-])CC[C@@H](OC1=O)[C@@H]23. The van der Waals surface area contributed by atoms with Crippen LogP contribution in [0.15, 0.2) is 23.3 Å². The minimum absolute atomic E-state index is 0.0406. The molecule has 3 rings (SSSR count). The number of aliphatic hydroxyl groups is 2. The molecule has 0 bridgehead atoms. The number of hydrogen-bond donors (Lipinski definition) is 2. The van der Waals surface area contributed by atoms with E-state index in [-0.39, 0.29) is 25.1 Å². The molecule has 0 saturated carbocycles. The van der Waals surface area contributed by atoms with Gasteiger partial charge in [0.2, 0.25) is 0 Å². The molecule has 3 heterocycles. The van der Waals surface area contributed by atoms with E-state index in [9.17, 15) is 25.0 Å². The lowest BCUT2D eigenvalue weighted by molar-refractivity contribution is -0.877. The monoisotopic (exact) mass is 367 g/mol. The molecule has 8 heteroatoms. The molecule has 0 radical (unpaired) electrons. The highest BCUT2D eigenvalue weighted by Crippen LogP contribution is 2.39. The van der Waals surface area contributed by atoms with Crippen LogP contribution in [0.2, 0.25) is 0 Å². The lowest BCUT2D eigenvalue weighted by atomic mass is 9.84. The van der Waals surface area contributed by atoms with Crippen LogP contribution in [0, 0.1) is 11.1 Å². The number of cyclic esters (lactones) is 1. The number of hydroxylamine groups is 3. The van der Waals surface area contributed by atoms with E-state index in [1.807, 2.05) is 0 Å². The molecule has 144 valence electrons. The Morgan fingerprint density at radius 3 is 2.85 bits per heavy atom. The molecule has 1 unspecified atom stereocenters. The fraction of sp³-hybridized carbons (Fsp3) is 0.667. The van der Waals surface area contributed by atoms with Gasteiger partial charge in [-0.2, -0.15) is 0 Å². The van der Waals surface area contributed by atoms with Crippen molar-refractivity contribution in [2.45, 2.75) is 44.4 Å². The van der Waals surface area contributed by atoms with Gasteiger partial charge < -0.3 is 29.5 Å². The number of aliphatic hydroxyl groups excluding tert-OH is 1. The third-order valence-corrected chi connectivity index (χ3v) is 5.87. The zero-order valence-electron chi connectivity index (χ0n) is 15.0. The molecule has 26 heavy (non-hydrogen) atoms. The first-order valence-electron chi connectivity index (χ1n) is 8.88. The lowest BCUT2D eigenvalue weighted by Gasteiger charge is -2.41. The summed E-state index contributed by atoms with van der Waals surface area (Å²) >= 11 is 0. The summed E-state index contributed by atoms with van der Waals surface area (Å²) in [6, 6.07) is -0.594. The van der Waals surface area contributed by atoms with Crippen molar-refractivity contribution in [1.29, 1.82) is 0 Å². The van der Waals surface area contributed by atoms with Crippen LogP contribution in [0.5, 0.6) is 0 Å². The second-order valence-electron chi connectivity index (χ2n) is 7.39. The molecule has 3 aliphatic heterocycles. The number of nitrogens with zero attached hydrogens (tertiary/aromatic N) is 1. The molecule has 2 fully saturated rings. The number of carbonyl (C=O) groups excluding carboxylic acids is 2. The normalized spacial score (nSPS) is 42.4. The summed E-state index contributed by atoms with van der Waals surface area (Å²) < 4.78 is 10.4. The van der Waals surface area contributed by atoms with Gasteiger partial charge in [-0.05, 0) is 19.4 Å². The van der Waals surface area contributed by atoms with E-state index in [4.69, 9.17) is 9.47 Å². The lowest BCUT2D eigenvalue weighted by Crippen LogP contribution is -2.51. The number of esters is 2. The molecule has 5 atom stereocenters. The predicted octanol–water partition coefficient (Wildman–Crippen LogP) is 0.178. The number of ether oxygens (including phenoxy) is 2. The zero-order chi connectivity index (χ0) is 19.1. The van der Waals surface area contributed by atoms with Gasteiger partial charge in [-0.1, -0.05) is 13.0 Å². The van der Waals surface area contributed by atoms with E-state index in [0.29, 0.717) is 18.5 Å². The van der Waals surface area contributed by atoms with Gasteiger partial charge in [0, 0.05) is 23.5 Å². The summed E-state index contributed by atoms with van der Waals surface area (Å²) in [7, 11) is 0. The third-order valence-electron chi connectivity index (χ3n) is 5.87. The first kappa shape index (κ1) is 19.0. The van der Waals surface area contributed by atoms with Gasteiger partial charge in [-0.15, -0.1) is 0 Å². The topological polar surface area (TPSA) is 116 Å². The van der Waals surface area contributed by atoms with Crippen molar-refractivity contribution in [2.24, 2.45) is 5.92 Å². The number of hydrogen-bond acceptors (Lipinski definition) is 7. The molecular weight excluding hydrogens is 342 g/mol. The van der Waals surface area contributed by atoms with Crippen molar-refractivity contribution in [3.8, 4) is 0 Å². The highest BCUT2D eigenvalue weighted by Gasteiger charge is 2.51. The summed E-state index contributed by atoms with van der Waals surface area (Å²) in [5, 5.41) is 33.1. The van der Waals surface area contributed by atoms with E-state index >= 15 is 0 Å². The van der Waals surface area contributed by atoms with Crippen LogP contribution in [0.4, 0.5) is 0 Å². The summed E-state index contributed by atoms with van der Waals surface area (Å²) in [6.45, 7) is 2.81. The third kappa shape index (κ3) is 2.96. The Labute approximate surface area is 151 Å². The summed E-state index contributed by atoms with van der Waals surface area (Å²) in [5.74, 6) is -2.27. The number of carbonyl (C=O) groups is 2. The maximum Gasteiger partial charge on any atom is 0.341 e. The van der Waals surface area contributed by atoms with Crippen LogP contribution in [-0.2, 0) is 19.1 Å². The second kappa shape index (κ2) is 6.77. The molecular formula is C18H25NO7. The highest BCUT2D eigenvalue weighted by atomic mass is 16.6. The fourth-order valence-electron chi connectivity index (χ4n) is 4.08. The van der Waals surface area contributed by atoms with E-state index in [1.54, 1.807) is 26.0 Å². The summed E-state index contributed by atoms with van der Waals surface area (Å²) in [4.78, 5) is 25.0. The Bertz CT molecular complexity index is 672. The van der Waals surface area contributed by atoms with Crippen LogP contribution in [-0.4, -0.2) is 70.8 Å². The molecule has 2 N–H and O–H groups in total. The average molecular weight is 367 g/mol. The van der Waals surface area contributed by atoms with Crippen molar-refractivity contribution in [3.05, 3.63) is 28.5 Å². The van der Waals surface area contributed by atoms with Gasteiger partial charge in [0.1, 0.15) is 6.61 Å². The van der Waals surface area contributed by atoms with Gasteiger partial charge in [-0.3, -0.25) is 0 Å². The maximum absolute atomic E-state index is 12.9. The zero-order valence-corrected chi connectivity index (χ0v) is 15.0. The van der Waals surface area contributed by atoms with Crippen LogP contribution < -0.4 is 0 Å². The van der Waals surface area contributed by atoms with Gasteiger partial charge in [0.05, 0.1) is 19.7 Å². The van der Waals surface area contributed by atoms with Crippen LogP contribution in [0.25, 0.3) is 0 Å². The standard InChI is InChI=1S/C18H25NO7/c1-3-12-8-11(2)18(23,10-20)17(22)25-9-13-4-6-19(24)7-5-14(15(13)19)26-16(12)21/h3-4,11,14-15,20,23H,5-10H2,1-2H3/b12-3-/t11-,14-,15-,18-,19?/m1/s1. The van der Waals surface area contributed by atoms with Crippen molar-refractivity contribution >= 4 is 11.9 Å². The molecule has 0 aromatic carbocycles. The molecule has 0 spiro atoms. The Kier molecular flexibility index (Phi) is 4.96. The van der Waals surface area contributed by atoms with Crippen LogP contribution >= 0.6 is 0 Å². The van der Waals surface area contributed by atoms with Crippen molar-refractivity contribution < 1.29 is 33.9 Å². The van der Waals surface area contributed by atoms with Crippen LogP contribution in [0.1, 0.15) is 26.7 Å². The van der Waals surface area contributed by atoms with Gasteiger partial charge in [0.25, 0.3) is 0 Å². The largest absolute Gasteiger partial charge is 0.632 e. The smallest absolute Gasteiger partial charge is 0.341 e. The molecule has 0 aliphatic carbocycles. The second-order valence-corrected chi connectivity index (χ2v) is 7.39. The molecule has 0 aromatic rings. The molecule has 3 aliphatic rings. The summed E-state index contributed by atoms with van der Waals surface area (Å²) in [6.07, 6.45) is 3.22. The van der Waals surface area contributed by atoms with Gasteiger partial charge in [-0.25, -0.2) is 9.59 Å². The predicted molar refractivity (Wildman–Crippen MR) is 90.3 cm³/mol. The average Bonchev–Trinajstić information content (AvgIpc) is 3.11. The maximum atomic E-state index is 12.9. The van der Waals surface area contributed by atoms with E-state index in [2.05, 4.69) is 0 Å². The van der Waals surface area contributed by atoms with Gasteiger partial charge in [0.15, 0.2) is 17.7 Å².